The van der Waals surface area contributed by atoms with Gasteiger partial charge in [0.1, 0.15) is 11.6 Å². The van der Waals surface area contributed by atoms with Crippen LogP contribution in [0.1, 0.15) is 11.4 Å². The molecule has 92 valence electrons. The Labute approximate surface area is 114 Å². The number of nitrogens with zero attached hydrogens (tertiary/aromatic N) is 3. The fourth-order valence-electron chi connectivity index (χ4n) is 1.25. The molecule has 0 bridgehead atoms. The van der Waals surface area contributed by atoms with Gasteiger partial charge in [-0.25, -0.2) is 4.98 Å². The normalized spacial score (nSPS) is 10.0. The van der Waals surface area contributed by atoms with Crippen molar-refractivity contribution in [3.8, 4) is 11.8 Å². The van der Waals surface area contributed by atoms with Crippen LogP contribution in [0.15, 0.2) is 28.6 Å². The van der Waals surface area contributed by atoms with Gasteiger partial charge in [0.25, 0.3) is 0 Å². The summed E-state index contributed by atoms with van der Waals surface area (Å²) in [7, 11) is 0. The van der Waals surface area contributed by atoms with E-state index < -0.39 is 0 Å². The number of hydrogen-bond acceptors (Lipinski definition) is 6. The highest BCUT2D eigenvalue weighted by atomic mass is 32.2. The molecule has 0 aliphatic rings. The van der Waals surface area contributed by atoms with Gasteiger partial charge in [-0.05, 0) is 42.7 Å². The molecular weight excluding hydrogens is 266 g/mol. The molecule has 0 fully saturated rings. The number of hydrogen-bond donors (Lipinski definition) is 0. The largest absolute Gasteiger partial charge is 0.493 e. The van der Waals surface area contributed by atoms with E-state index in [9.17, 15) is 0 Å². The average Bonchev–Trinajstić information content (AvgIpc) is 2.81. The summed E-state index contributed by atoms with van der Waals surface area (Å²) in [5, 5.41) is 8.66. The highest BCUT2D eigenvalue weighted by Gasteiger charge is 2.01. The topological polar surface area (TPSA) is 58.8 Å². The molecule has 0 N–H and O–H groups in total. The maximum absolute atomic E-state index is 8.66. The lowest BCUT2D eigenvalue weighted by molar-refractivity contribution is 0.344. The lowest BCUT2D eigenvalue weighted by Crippen LogP contribution is -1.99. The van der Waals surface area contributed by atoms with Crippen LogP contribution in [-0.4, -0.2) is 21.7 Å². The van der Waals surface area contributed by atoms with Crippen LogP contribution in [0.4, 0.5) is 0 Å². The molecule has 0 spiro atoms. The summed E-state index contributed by atoms with van der Waals surface area (Å²) in [5.74, 6) is 2.42. The van der Waals surface area contributed by atoms with E-state index in [2.05, 4.69) is 15.4 Å². The molecule has 6 heteroatoms. The molecular formula is C12H11N3OS2. The minimum Gasteiger partial charge on any atom is -0.493 e. The van der Waals surface area contributed by atoms with Gasteiger partial charge < -0.3 is 4.74 Å². The first-order valence-corrected chi connectivity index (χ1v) is 7.10. The molecule has 0 radical (unpaired) electrons. The first-order valence-electron chi connectivity index (χ1n) is 5.34. The Morgan fingerprint density at radius 2 is 2.17 bits per heavy atom. The number of rotatable bonds is 5. The van der Waals surface area contributed by atoms with E-state index in [0.717, 1.165) is 21.7 Å². The van der Waals surface area contributed by atoms with E-state index >= 15 is 0 Å². The van der Waals surface area contributed by atoms with Crippen molar-refractivity contribution in [3.63, 3.8) is 0 Å². The Morgan fingerprint density at radius 1 is 1.39 bits per heavy atom. The third kappa shape index (κ3) is 3.72. The monoisotopic (exact) mass is 277 g/mol. The van der Waals surface area contributed by atoms with Gasteiger partial charge in [-0.15, -0.1) is 0 Å². The summed E-state index contributed by atoms with van der Waals surface area (Å²) in [6.45, 7) is 2.49. The van der Waals surface area contributed by atoms with Crippen molar-refractivity contribution in [1.29, 1.82) is 5.26 Å². The van der Waals surface area contributed by atoms with Gasteiger partial charge in [-0.3, -0.25) is 0 Å². The molecule has 0 unspecified atom stereocenters. The predicted molar refractivity (Wildman–Crippen MR) is 72.0 cm³/mol. The lowest BCUT2D eigenvalue weighted by Gasteiger charge is -2.04. The average molecular weight is 277 g/mol. The Kier molecular flexibility index (Phi) is 4.56. The summed E-state index contributed by atoms with van der Waals surface area (Å²) in [6, 6.07) is 9.17. The van der Waals surface area contributed by atoms with Gasteiger partial charge in [0.05, 0.1) is 18.2 Å². The summed E-state index contributed by atoms with van der Waals surface area (Å²) in [4.78, 5) is 4.26. The van der Waals surface area contributed by atoms with Gasteiger partial charge in [0.15, 0.2) is 4.34 Å². The number of thioether (sulfide) groups is 1. The van der Waals surface area contributed by atoms with Crippen molar-refractivity contribution >= 4 is 23.3 Å². The van der Waals surface area contributed by atoms with E-state index in [0.29, 0.717) is 12.2 Å². The summed E-state index contributed by atoms with van der Waals surface area (Å²) < 4.78 is 10.6. The van der Waals surface area contributed by atoms with E-state index in [-0.39, 0.29) is 0 Å². The first kappa shape index (κ1) is 12.9. The molecule has 2 rings (SSSR count). The zero-order chi connectivity index (χ0) is 12.8. The smallest absolute Gasteiger partial charge is 0.170 e. The maximum Gasteiger partial charge on any atom is 0.170 e. The second-order valence-electron chi connectivity index (χ2n) is 3.44. The van der Waals surface area contributed by atoms with Crippen LogP contribution < -0.4 is 4.74 Å². The quantitative estimate of drug-likeness (QED) is 0.621. The second-order valence-corrected chi connectivity index (χ2v) is 5.53. The molecule has 4 nitrogen and oxygen atoms in total. The minimum atomic E-state index is 0.606. The van der Waals surface area contributed by atoms with E-state index in [4.69, 9.17) is 10.00 Å². The molecule has 1 heterocycles. The first-order chi connectivity index (χ1) is 8.78. The molecule has 0 atom stereocenters. The number of aromatic nitrogens is 2. The number of ether oxygens (including phenoxy) is 1. The molecule has 1 aromatic heterocycles. The van der Waals surface area contributed by atoms with Gasteiger partial charge >= 0.3 is 0 Å². The van der Waals surface area contributed by atoms with E-state index in [1.54, 1.807) is 36.0 Å². The van der Waals surface area contributed by atoms with Crippen LogP contribution in [0.2, 0.25) is 0 Å². The van der Waals surface area contributed by atoms with Crippen molar-refractivity contribution in [3.05, 3.63) is 35.7 Å². The van der Waals surface area contributed by atoms with Gasteiger partial charge in [0, 0.05) is 5.75 Å². The molecule has 18 heavy (non-hydrogen) atoms. The van der Waals surface area contributed by atoms with Crippen molar-refractivity contribution in [2.24, 2.45) is 0 Å². The minimum absolute atomic E-state index is 0.606. The third-order valence-electron chi connectivity index (χ3n) is 2.07. The zero-order valence-corrected chi connectivity index (χ0v) is 11.4. The summed E-state index contributed by atoms with van der Waals surface area (Å²) in [5.41, 5.74) is 0.640. The van der Waals surface area contributed by atoms with Crippen LogP contribution in [-0.2, 0) is 0 Å². The standard InChI is InChI=1S/C12H11N3OS2/c1-9-14-12(18-15-9)17-7-6-16-11-4-2-10(8-13)3-5-11/h2-5H,6-7H2,1H3. The van der Waals surface area contributed by atoms with E-state index in [1.807, 2.05) is 6.92 Å². The Morgan fingerprint density at radius 3 is 2.78 bits per heavy atom. The fourth-order valence-corrected chi connectivity index (χ4v) is 2.79. The van der Waals surface area contributed by atoms with Crippen LogP contribution in [0.3, 0.4) is 0 Å². The highest BCUT2D eigenvalue weighted by molar-refractivity contribution is 8.00. The molecule has 0 aliphatic heterocycles. The van der Waals surface area contributed by atoms with Crippen molar-refractivity contribution in [1.82, 2.24) is 9.36 Å². The highest BCUT2D eigenvalue weighted by Crippen LogP contribution is 2.20. The maximum atomic E-state index is 8.66. The lowest BCUT2D eigenvalue weighted by atomic mass is 10.2. The Balaban J connectivity index is 1.73. The van der Waals surface area contributed by atoms with Crippen molar-refractivity contribution in [2.75, 3.05) is 12.4 Å². The predicted octanol–water partition coefficient (Wildman–Crippen LogP) is 2.89. The SMILES string of the molecule is Cc1nsc(SCCOc2ccc(C#N)cc2)n1. The number of aryl methyl sites for hydroxylation is 1. The van der Waals surface area contributed by atoms with Crippen LogP contribution in [0.25, 0.3) is 0 Å². The molecule has 1 aromatic carbocycles. The molecule has 0 aliphatic carbocycles. The number of benzene rings is 1. The molecule has 2 aromatic rings. The van der Waals surface area contributed by atoms with E-state index in [1.165, 1.54) is 11.5 Å². The summed E-state index contributed by atoms with van der Waals surface area (Å²) >= 11 is 3.05. The third-order valence-corrected chi connectivity index (χ3v) is 3.96. The Hall–Kier alpha value is -1.58. The van der Waals surface area contributed by atoms with Crippen LogP contribution in [0.5, 0.6) is 5.75 Å². The second kappa shape index (κ2) is 6.38. The molecule has 0 amide bonds. The van der Waals surface area contributed by atoms with Crippen molar-refractivity contribution in [2.45, 2.75) is 11.3 Å². The zero-order valence-electron chi connectivity index (χ0n) is 9.79. The van der Waals surface area contributed by atoms with Gasteiger partial charge in [0.2, 0.25) is 0 Å². The van der Waals surface area contributed by atoms with Crippen LogP contribution in [0, 0.1) is 18.3 Å². The molecule has 0 saturated carbocycles. The van der Waals surface area contributed by atoms with Crippen LogP contribution >= 0.6 is 23.3 Å². The fraction of sp³-hybridized carbons (Fsp3) is 0.250. The Bertz CT molecular complexity index is 545. The number of nitriles is 1. The molecule has 0 saturated heterocycles. The summed E-state index contributed by atoms with van der Waals surface area (Å²) in [6.07, 6.45) is 0. The van der Waals surface area contributed by atoms with Gasteiger partial charge in [-0.2, -0.15) is 9.64 Å². The van der Waals surface area contributed by atoms with Crippen molar-refractivity contribution < 1.29 is 4.74 Å². The van der Waals surface area contributed by atoms with Gasteiger partial charge in [-0.1, -0.05) is 11.8 Å².